The van der Waals surface area contributed by atoms with Crippen LogP contribution in [0.4, 0.5) is 0 Å². The molecular weight excluding hydrogens is 570 g/mol. The summed E-state index contributed by atoms with van der Waals surface area (Å²) >= 11 is 0. The third-order valence-electron chi connectivity index (χ3n) is 9.67. The normalized spacial score (nSPS) is 17.9. The number of hydrogen-bond acceptors (Lipinski definition) is 5. The summed E-state index contributed by atoms with van der Waals surface area (Å²) in [5.41, 5.74) is 5.96. The van der Waals surface area contributed by atoms with Gasteiger partial charge in [-0.2, -0.15) is 0 Å². The molecule has 0 N–H and O–H groups in total. The highest BCUT2D eigenvalue weighted by Gasteiger charge is 2.33. The molecule has 2 aliphatic rings. The standard InChI is InChI=1S/C39H43N5O2/c1-46-34-20-18-30(19-21-34)27-44-36-17-9-8-16-35(36)40-37(44)29-41-22-10-15-33(28-41)39(45)43-25-23-42(24-26-43)38(31-11-4-2-5-12-31)32-13-6-3-7-14-32/h2-9,11-14,16-21,33,38H,10,15,22-29H2,1H3/t33-/m0/s1. The third-order valence-corrected chi connectivity index (χ3v) is 9.67. The smallest absolute Gasteiger partial charge is 0.227 e. The summed E-state index contributed by atoms with van der Waals surface area (Å²) in [5.74, 6) is 2.24. The Morgan fingerprint density at radius 1 is 0.783 bits per heavy atom. The zero-order valence-corrected chi connectivity index (χ0v) is 26.7. The van der Waals surface area contributed by atoms with Gasteiger partial charge in [0.2, 0.25) is 5.91 Å². The topological polar surface area (TPSA) is 53.8 Å². The van der Waals surface area contributed by atoms with Crippen molar-refractivity contribution in [2.24, 2.45) is 5.92 Å². The number of methoxy groups -OCH3 is 1. The summed E-state index contributed by atoms with van der Waals surface area (Å²) in [4.78, 5) is 26.1. The van der Waals surface area contributed by atoms with Gasteiger partial charge in [-0.3, -0.25) is 14.6 Å². The van der Waals surface area contributed by atoms with Crippen molar-refractivity contribution in [2.75, 3.05) is 46.4 Å². The second-order valence-electron chi connectivity index (χ2n) is 12.6. The van der Waals surface area contributed by atoms with Crippen LogP contribution in [0.15, 0.2) is 109 Å². The largest absolute Gasteiger partial charge is 0.497 e. The Labute approximate surface area is 272 Å². The lowest BCUT2D eigenvalue weighted by Crippen LogP contribution is -2.53. The number of aromatic nitrogens is 2. The number of carbonyl (C=O) groups excluding carboxylic acids is 1. The molecule has 4 aromatic carbocycles. The number of likely N-dealkylation sites (tertiary alicyclic amines) is 1. The summed E-state index contributed by atoms with van der Waals surface area (Å²) in [5, 5.41) is 0. The summed E-state index contributed by atoms with van der Waals surface area (Å²) in [6.07, 6.45) is 1.98. The van der Waals surface area contributed by atoms with Gasteiger partial charge in [-0.25, -0.2) is 4.98 Å². The maximum absolute atomic E-state index is 13.9. The van der Waals surface area contributed by atoms with Gasteiger partial charge in [0.1, 0.15) is 11.6 Å². The van der Waals surface area contributed by atoms with Crippen LogP contribution in [0.1, 0.15) is 41.4 Å². The lowest BCUT2D eigenvalue weighted by atomic mass is 9.95. The Kier molecular flexibility index (Phi) is 9.12. The molecule has 7 heteroatoms. The second-order valence-corrected chi connectivity index (χ2v) is 12.6. The van der Waals surface area contributed by atoms with Gasteiger partial charge in [0.15, 0.2) is 0 Å². The molecule has 3 heterocycles. The first-order chi connectivity index (χ1) is 22.7. The molecule has 0 radical (unpaired) electrons. The molecule has 0 bridgehead atoms. The minimum Gasteiger partial charge on any atom is -0.497 e. The van der Waals surface area contributed by atoms with Crippen LogP contribution in [-0.2, 0) is 17.9 Å². The van der Waals surface area contributed by atoms with Gasteiger partial charge >= 0.3 is 0 Å². The predicted octanol–water partition coefficient (Wildman–Crippen LogP) is 6.24. The number of para-hydroxylation sites is 2. The number of amides is 1. The molecule has 2 saturated heterocycles. The van der Waals surface area contributed by atoms with Crippen LogP contribution >= 0.6 is 0 Å². The van der Waals surface area contributed by atoms with Gasteiger partial charge in [-0.05, 0) is 60.3 Å². The number of carbonyl (C=O) groups is 1. The average Bonchev–Trinajstić information content (AvgIpc) is 3.46. The quantitative estimate of drug-likeness (QED) is 0.197. The molecule has 0 aliphatic carbocycles. The van der Waals surface area contributed by atoms with E-state index in [1.54, 1.807) is 7.11 Å². The number of rotatable bonds is 9. The molecule has 0 spiro atoms. The maximum atomic E-state index is 13.9. The van der Waals surface area contributed by atoms with Crippen LogP contribution in [0.5, 0.6) is 5.75 Å². The molecule has 7 nitrogen and oxygen atoms in total. The Balaban J connectivity index is 1.02. The van der Waals surface area contributed by atoms with E-state index in [4.69, 9.17) is 9.72 Å². The van der Waals surface area contributed by atoms with E-state index >= 15 is 0 Å². The van der Waals surface area contributed by atoms with E-state index < -0.39 is 0 Å². The molecule has 1 amide bonds. The number of nitrogens with zero attached hydrogens (tertiary/aromatic N) is 5. The van der Waals surface area contributed by atoms with Crippen molar-refractivity contribution in [2.45, 2.75) is 32.0 Å². The van der Waals surface area contributed by atoms with E-state index in [9.17, 15) is 4.79 Å². The number of benzene rings is 4. The summed E-state index contributed by atoms with van der Waals surface area (Å²) in [7, 11) is 1.69. The zero-order valence-electron chi connectivity index (χ0n) is 26.7. The maximum Gasteiger partial charge on any atom is 0.227 e. The van der Waals surface area contributed by atoms with Gasteiger partial charge in [0, 0.05) is 39.3 Å². The van der Waals surface area contributed by atoms with Gasteiger partial charge in [-0.1, -0.05) is 84.9 Å². The molecule has 0 unspecified atom stereocenters. The Morgan fingerprint density at radius 2 is 1.43 bits per heavy atom. The molecular formula is C39H43N5O2. The monoisotopic (exact) mass is 613 g/mol. The third kappa shape index (κ3) is 6.57. The van der Waals surface area contributed by atoms with E-state index in [1.165, 1.54) is 16.7 Å². The number of piperidine rings is 1. The molecule has 5 aromatic rings. The molecule has 1 aromatic heterocycles. The Hall–Kier alpha value is -4.46. The van der Waals surface area contributed by atoms with E-state index in [-0.39, 0.29) is 12.0 Å². The number of fused-ring (bicyclic) bond motifs is 1. The van der Waals surface area contributed by atoms with Crippen molar-refractivity contribution < 1.29 is 9.53 Å². The SMILES string of the molecule is COc1ccc(Cn2c(CN3CCC[C@H](C(=O)N4CCN(C(c5ccccc5)c5ccccc5)CC4)C3)nc3ccccc32)cc1. The van der Waals surface area contributed by atoms with Gasteiger partial charge in [0.25, 0.3) is 0 Å². The minimum absolute atomic E-state index is 0.0266. The van der Waals surface area contributed by atoms with E-state index in [2.05, 4.69) is 110 Å². The molecule has 236 valence electrons. The van der Waals surface area contributed by atoms with Crippen LogP contribution in [0, 0.1) is 5.92 Å². The highest BCUT2D eigenvalue weighted by Crippen LogP contribution is 2.30. The first-order valence-corrected chi connectivity index (χ1v) is 16.6. The average molecular weight is 614 g/mol. The van der Waals surface area contributed by atoms with Crippen LogP contribution in [0.3, 0.4) is 0 Å². The zero-order chi connectivity index (χ0) is 31.3. The van der Waals surface area contributed by atoms with E-state index in [1.807, 2.05) is 18.2 Å². The van der Waals surface area contributed by atoms with Crippen molar-refractivity contribution in [1.29, 1.82) is 0 Å². The molecule has 0 saturated carbocycles. The summed E-state index contributed by atoms with van der Waals surface area (Å²) < 4.78 is 7.70. The van der Waals surface area contributed by atoms with Gasteiger partial charge in [-0.15, -0.1) is 0 Å². The summed E-state index contributed by atoms with van der Waals surface area (Å²) in [6, 6.07) is 38.3. The fraction of sp³-hybridized carbons (Fsp3) is 0.333. The van der Waals surface area contributed by atoms with Crippen LogP contribution in [-0.4, -0.2) is 76.5 Å². The lowest BCUT2D eigenvalue weighted by molar-refractivity contribution is -0.139. The van der Waals surface area contributed by atoms with Crippen molar-refractivity contribution in [3.63, 3.8) is 0 Å². The highest BCUT2D eigenvalue weighted by atomic mass is 16.5. The fourth-order valence-electron chi connectivity index (χ4n) is 7.28. The van der Waals surface area contributed by atoms with E-state index in [0.29, 0.717) is 5.91 Å². The Bertz CT molecular complexity index is 1690. The predicted molar refractivity (Wildman–Crippen MR) is 183 cm³/mol. The van der Waals surface area contributed by atoms with Crippen molar-refractivity contribution in [1.82, 2.24) is 24.3 Å². The first-order valence-electron chi connectivity index (χ1n) is 16.6. The number of ether oxygens (including phenoxy) is 1. The number of hydrogen-bond donors (Lipinski definition) is 0. The Morgan fingerprint density at radius 3 is 2.11 bits per heavy atom. The lowest BCUT2D eigenvalue weighted by Gasteiger charge is -2.42. The summed E-state index contributed by atoms with van der Waals surface area (Å²) in [6.45, 7) is 6.51. The van der Waals surface area contributed by atoms with Crippen molar-refractivity contribution in [3.05, 3.63) is 132 Å². The van der Waals surface area contributed by atoms with Crippen LogP contribution in [0.2, 0.25) is 0 Å². The fourth-order valence-corrected chi connectivity index (χ4v) is 7.28. The highest BCUT2D eigenvalue weighted by molar-refractivity contribution is 5.79. The molecule has 46 heavy (non-hydrogen) atoms. The number of imidazole rings is 1. The van der Waals surface area contributed by atoms with Gasteiger partial charge in [0.05, 0.1) is 36.6 Å². The molecule has 2 fully saturated rings. The van der Waals surface area contributed by atoms with E-state index in [0.717, 1.165) is 87.8 Å². The molecule has 1 atom stereocenters. The first kappa shape index (κ1) is 30.2. The molecule has 7 rings (SSSR count). The van der Waals surface area contributed by atoms with Gasteiger partial charge < -0.3 is 14.2 Å². The minimum atomic E-state index is 0.0266. The van der Waals surface area contributed by atoms with Crippen molar-refractivity contribution >= 4 is 16.9 Å². The number of piperazine rings is 1. The van der Waals surface area contributed by atoms with Crippen LogP contribution in [0.25, 0.3) is 11.0 Å². The van der Waals surface area contributed by atoms with Crippen LogP contribution < -0.4 is 4.74 Å². The van der Waals surface area contributed by atoms with Crippen molar-refractivity contribution in [3.8, 4) is 5.75 Å². The molecule has 2 aliphatic heterocycles. The second kappa shape index (κ2) is 13.9.